The highest BCUT2D eigenvalue weighted by Crippen LogP contribution is 2.35. The summed E-state index contributed by atoms with van der Waals surface area (Å²) >= 11 is 0. The Hall–Kier alpha value is -1.48. The van der Waals surface area contributed by atoms with Crippen LogP contribution in [0.2, 0.25) is 0 Å². The average molecular weight is 399 g/mol. The third-order valence-electron chi connectivity index (χ3n) is 5.19. The topological polar surface area (TPSA) is 107 Å². The molecular formula is C19H30N2O5S. The van der Waals surface area contributed by atoms with E-state index in [1.807, 2.05) is 13.8 Å². The zero-order chi connectivity index (χ0) is 20.1. The third-order valence-corrected chi connectivity index (χ3v) is 6.67. The van der Waals surface area contributed by atoms with Gasteiger partial charge in [-0.3, -0.25) is 4.79 Å². The molecule has 1 aliphatic heterocycles. The Bertz CT molecular complexity index is 735. The van der Waals surface area contributed by atoms with Crippen molar-refractivity contribution in [3.05, 3.63) is 29.8 Å². The molecule has 1 saturated heterocycles. The van der Waals surface area contributed by atoms with Gasteiger partial charge >= 0.3 is 0 Å². The highest BCUT2D eigenvalue weighted by atomic mass is 32.2. The summed E-state index contributed by atoms with van der Waals surface area (Å²) < 4.78 is 26.8. The number of sulfonamides is 1. The number of benzene rings is 1. The lowest BCUT2D eigenvalue weighted by atomic mass is 9.74. The van der Waals surface area contributed by atoms with Gasteiger partial charge in [0.05, 0.1) is 17.6 Å². The lowest BCUT2D eigenvalue weighted by molar-refractivity contribution is -0.0720. The van der Waals surface area contributed by atoms with E-state index in [0.717, 1.165) is 6.42 Å². The Morgan fingerprint density at radius 2 is 1.93 bits per heavy atom. The minimum absolute atomic E-state index is 0.122. The number of aliphatic hydroxyl groups is 2. The van der Waals surface area contributed by atoms with Crippen molar-refractivity contribution < 1.29 is 23.4 Å². The monoisotopic (exact) mass is 398 g/mol. The maximum Gasteiger partial charge on any atom is 0.253 e. The summed E-state index contributed by atoms with van der Waals surface area (Å²) in [5.41, 5.74) is -0.306. The number of rotatable bonds is 8. The second kappa shape index (κ2) is 9.14. The quantitative estimate of drug-likeness (QED) is 0.613. The van der Waals surface area contributed by atoms with Gasteiger partial charge in [-0.05, 0) is 43.5 Å². The highest BCUT2D eigenvalue weighted by molar-refractivity contribution is 7.89. The minimum Gasteiger partial charge on any atom is -0.396 e. The van der Waals surface area contributed by atoms with Crippen LogP contribution in [0.25, 0.3) is 0 Å². The molecule has 7 nitrogen and oxygen atoms in total. The zero-order valence-corrected chi connectivity index (χ0v) is 16.8. The van der Waals surface area contributed by atoms with Crippen LogP contribution in [0, 0.1) is 5.41 Å². The van der Waals surface area contributed by atoms with Crippen molar-refractivity contribution in [1.29, 1.82) is 0 Å². The zero-order valence-electron chi connectivity index (χ0n) is 16.0. The van der Waals surface area contributed by atoms with E-state index in [1.54, 1.807) is 4.90 Å². The third kappa shape index (κ3) is 4.87. The molecule has 0 bridgehead atoms. The predicted octanol–water partition coefficient (Wildman–Crippen LogP) is 1.36. The molecule has 1 aromatic rings. The fraction of sp³-hybridized carbons (Fsp3) is 0.632. The molecule has 27 heavy (non-hydrogen) atoms. The van der Waals surface area contributed by atoms with Crippen LogP contribution in [-0.4, -0.2) is 61.8 Å². The van der Waals surface area contributed by atoms with E-state index in [0.29, 0.717) is 37.9 Å². The van der Waals surface area contributed by atoms with Crippen molar-refractivity contribution in [1.82, 2.24) is 9.62 Å². The predicted molar refractivity (Wildman–Crippen MR) is 103 cm³/mol. The highest BCUT2D eigenvalue weighted by Gasteiger charge is 2.43. The van der Waals surface area contributed by atoms with Crippen LogP contribution in [0.5, 0.6) is 0 Å². The fourth-order valence-corrected chi connectivity index (χ4v) is 4.71. The van der Waals surface area contributed by atoms with Crippen LogP contribution in [0.1, 0.15) is 49.9 Å². The van der Waals surface area contributed by atoms with E-state index < -0.39 is 21.5 Å². The lowest BCUT2D eigenvalue weighted by Gasteiger charge is -2.45. The molecule has 2 atom stereocenters. The summed E-state index contributed by atoms with van der Waals surface area (Å²) in [5, 5.41) is 20.2. The van der Waals surface area contributed by atoms with Crippen LogP contribution in [0.4, 0.5) is 0 Å². The number of hydrogen-bond acceptors (Lipinski definition) is 5. The largest absolute Gasteiger partial charge is 0.396 e. The molecule has 152 valence electrons. The molecule has 1 aliphatic rings. The fourth-order valence-electron chi connectivity index (χ4n) is 3.58. The van der Waals surface area contributed by atoms with E-state index in [4.69, 9.17) is 0 Å². The summed E-state index contributed by atoms with van der Waals surface area (Å²) in [6, 6.07) is 5.87. The SMILES string of the molecule is CCCNS(=O)(=O)c1ccc(C(=O)N2CC[C@@H](O)[C@@](CO)(CCC)C2)cc1. The smallest absolute Gasteiger partial charge is 0.253 e. The van der Waals surface area contributed by atoms with Gasteiger partial charge in [0, 0.05) is 30.6 Å². The van der Waals surface area contributed by atoms with Crippen LogP contribution in [0.15, 0.2) is 29.2 Å². The van der Waals surface area contributed by atoms with E-state index in [1.165, 1.54) is 24.3 Å². The molecule has 0 saturated carbocycles. The number of hydrogen-bond donors (Lipinski definition) is 3. The standard InChI is InChI=1S/C19H30N2O5S/c1-3-10-19(14-22)13-21(12-9-17(19)23)18(24)15-5-7-16(8-6-15)27(25,26)20-11-4-2/h5-8,17,20,22-23H,3-4,9-14H2,1-2H3/t17-,19+/m1/s1. The van der Waals surface area contributed by atoms with Crippen molar-refractivity contribution in [2.75, 3.05) is 26.2 Å². The maximum atomic E-state index is 12.8. The van der Waals surface area contributed by atoms with Gasteiger partial charge in [0.1, 0.15) is 0 Å². The van der Waals surface area contributed by atoms with Gasteiger partial charge in [-0.15, -0.1) is 0 Å². The maximum absolute atomic E-state index is 12.8. The van der Waals surface area contributed by atoms with Gasteiger partial charge in [-0.25, -0.2) is 13.1 Å². The molecule has 8 heteroatoms. The summed E-state index contributed by atoms with van der Waals surface area (Å²) in [4.78, 5) is 14.6. The minimum atomic E-state index is -3.57. The molecule has 0 radical (unpaired) electrons. The van der Waals surface area contributed by atoms with Crippen molar-refractivity contribution >= 4 is 15.9 Å². The van der Waals surface area contributed by atoms with Crippen LogP contribution in [0.3, 0.4) is 0 Å². The van der Waals surface area contributed by atoms with Crippen molar-refractivity contribution in [3.8, 4) is 0 Å². The van der Waals surface area contributed by atoms with E-state index in [2.05, 4.69) is 4.72 Å². The van der Waals surface area contributed by atoms with Gasteiger partial charge in [0.2, 0.25) is 10.0 Å². The number of carbonyl (C=O) groups excluding carboxylic acids is 1. The van der Waals surface area contributed by atoms with E-state index in [-0.39, 0.29) is 24.0 Å². The number of carbonyl (C=O) groups is 1. The second-order valence-electron chi connectivity index (χ2n) is 7.22. The molecule has 0 spiro atoms. The van der Waals surface area contributed by atoms with Gasteiger partial charge < -0.3 is 15.1 Å². The molecule has 3 N–H and O–H groups in total. The Kier molecular flexibility index (Phi) is 7.39. The average Bonchev–Trinajstić information content (AvgIpc) is 2.68. The molecule has 0 aliphatic carbocycles. The molecule has 2 rings (SSSR count). The molecule has 1 heterocycles. The van der Waals surface area contributed by atoms with Gasteiger partial charge in [-0.2, -0.15) is 0 Å². The molecular weight excluding hydrogens is 368 g/mol. The van der Waals surface area contributed by atoms with Crippen LogP contribution < -0.4 is 4.72 Å². The van der Waals surface area contributed by atoms with Crippen molar-refractivity contribution in [2.24, 2.45) is 5.41 Å². The summed E-state index contributed by atoms with van der Waals surface area (Å²) in [7, 11) is -3.57. The first kappa shape index (κ1) is 21.8. The molecule has 0 aromatic heterocycles. The first-order valence-corrected chi connectivity index (χ1v) is 11.0. The number of piperidine rings is 1. The second-order valence-corrected chi connectivity index (χ2v) is 8.99. The Balaban J connectivity index is 2.15. The summed E-state index contributed by atoms with van der Waals surface area (Å²) in [6.45, 7) is 4.74. The Morgan fingerprint density at radius 3 is 2.48 bits per heavy atom. The number of likely N-dealkylation sites (tertiary alicyclic amines) is 1. The Labute approximate surface area is 161 Å². The first-order chi connectivity index (χ1) is 12.8. The van der Waals surface area contributed by atoms with Crippen LogP contribution in [-0.2, 0) is 10.0 Å². The molecule has 0 unspecified atom stereocenters. The number of nitrogens with zero attached hydrogens (tertiary/aromatic N) is 1. The molecule has 1 amide bonds. The van der Waals surface area contributed by atoms with Gasteiger partial charge in [-0.1, -0.05) is 20.3 Å². The number of aliphatic hydroxyl groups excluding tert-OH is 2. The summed E-state index contributed by atoms with van der Waals surface area (Å²) in [5.74, 6) is -0.221. The van der Waals surface area contributed by atoms with Crippen molar-refractivity contribution in [3.63, 3.8) is 0 Å². The van der Waals surface area contributed by atoms with Crippen molar-refractivity contribution in [2.45, 2.75) is 50.5 Å². The molecule has 1 fully saturated rings. The lowest BCUT2D eigenvalue weighted by Crippen LogP contribution is -2.55. The molecule has 1 aromatic carbocycles. The van der Waals surface area contributed by atoms with Gasteiger partial charge in [0.25, 0.3) is 5.91 Å². The van der Waals surface area contributed by atoms with E-state index in [9.17, 15) is 23.4 Å². The number of nitrogens with one attached hydrogen (secondary N) is 1. The normalized spacial score (nSPS) is 23.4. The summed E-state index contributed by atoms with van der Waals surface area (Å²) in [6.07, 6.45) is 1.91. The van der Waals surface area contributed by atoms with Crippen LogP contribution >= 0.6 is 0 Å². The van der Waals surface area contributed by atoms with Gasteiger partial charge in [0.15, 0.2) is 0 Å². The first-order valence-electron chi connectivity index (χ1n) is 9.47. The number of amides is 1. The Morgan fingerprint density at radius 1 is 1.26 bits per heavy atom. The van der Waals surface area contributed by atoms with E-state index >= 15 is 0 Å².